The van der Waals surface area contributed by atoms with Crippen LogP contribution in [0.4, 0.5) is 11.5 Å². The predicted molar refractivity (Wildman–Crippen MR) is 75.1 cm³/mol. The monoisotopic (exact) mass is 307 g/mol. The van der Waals surface area contributed by atoms with Crippen LogP contribution in [-0.4, -0.2) is 34.1 Å². The summed E-state index contributed by atoms with van der Waals surface area (Å²) in [5.41, 5.74) is 0.527. The van der Waals surface area contributed by atoms with Gasteiger partial charge in [0.1, 0.15) is 5.82 Å². The van der Waals surface area contributed by atoms with Crippen molar-refractivity contribution in [1.82, 2.24) is 9.97 Å². The van der Waals surface area contributed by atoms with Gasteiger partial charge in [0.2, 0.25) is 5.82 Å². The second kappa shape index (κ2) is 6.19. The van der Waals surface area contributed by atoms with Crippen LogP contribution in [-0.2, 0) is 4.74 Å². The summed E-state index contributed by atoms with van der Waals surface area (Å²) in [7, 11) is 1.23. The van der Waals surface area contributed by atoms with Gasteiger partial charge in [0, 0.05) is 6.20 Å². The molecule has 0 bridgehead atoms. The molecule has 108 valence electrons. The number of aromatic nitrogens is 2. The van der Waals surface area contributed by atoms with E-state index in [1.54, 1.807) is 0 Å². The Hall–Kier alpha value is -2.67. The van der Waals surface area contributed by atoms with Crippen molar-refractivity contribution in [1.29, 1.82) is 0 Å². The number of anilines is 2. The Morgan fingerprint density at radius 3 is 2.71 bits per heavy atom. The highest BCUT2D eigenvalue weighted by Crippen LogP contribution is 2.25. The number of aromatic carboxylic acids is 1. The largest absolute Gasteiger partial charge is 0.478 e. The van der Waals surface area contributed by atoms with Crippen molar-refractivity contribution in [2.75, 3.05) is 12.4 Å². The number of ether oxygens (including phenoxy) is 1. The zero-order valence-electron chi connectivity index (χ0n) is 10.8. The van der Waals surface area contributed by atoms with Crippen molar-refractivity contribution >= 4 is 35.0 Å². The number of carbonyl (C=O) groups excluding carboxylic acids is 1. The maximum Gasteiger partial charge on any atom is 0.376 e. The van der Waals surface area contributed by atoms with E-state index in [0.29, 0.717) is 11.5 Å². The van der Waals surface area contributed by atoms with Gasteiger partial charge in [-0.25, -0.2) is 19.6 Å². The van der Waals surface area contributed by atoms with Gasteiger partial charge in [-0.05, 0) is 24.3 Å². The fourth-order valence-electron chi connectivity index (χ4n) is 1.51. The number of hydrogen-bond acceptors (Lipinski definition) is 6. The normalized spacial score (nSPS) is 10.0. The number of carbonyl (C=O) groups is 2. The molecule has 0 fully saturated rings. The van der Waals surface area contributed by atoms with E-state index in [2.05, 4.69) is 20.0 Å². The summed E-state index contributed by atoms with van der Waals surface area (Å²) < 4.78 is 4.52. The predicted octanol–water partition coefficient (Wildman–Crippen LogP) is 2.36. The molecule has 2 N–H and O–H groups in total. The zero-order chi connectivity index (χ0) is 15.4. The number of esters is 1. The van der Waals surface area contributed by atoms with Gasteiger partial charge in [0.15, 0.2) is 0 Å². The fraction of sp³-hybridized carbons (Fsp3) is 0.0769. The second-order valence-electron chi connectivity index (χ2n) is 3.88. The molecule has 7 nitrogen and oxygen atoms in total. The van der Waals surface area contributed by atoms with Crippen molar-refractivity contribution in [3.63, 3.8) is 0 Å². The van der Waals surface area contributed by atoms with E-state index >= 15 is 0 Å². The molecule has 1 heterocycles. The Balaban J connectivity index is 2.26. The molecule has 1 aromatic heterocycles. The van der Waals surface area contributed by atoms with Crippen LogP contribution >= 0.6 is 11.6 Å². The van der Waals surface area contributed by atoms with Gasteiger partial charge in [0.25, 0.3) is 0 Å². The zero-order valence-corrected chi connectivity index (χ0v) is 11.6. The molecule has 0 aliphatic carbocycles. The molecule has 0 saturated heterocycles. The van der Waals surface area contributed by atoms with E-state index in [4.69, 9.17) is 16.7 Å². The number of nitrogens with zero attached hydrogens (tertiary/aromatic N) is 2. The molecule has 0 radical (unpaired) electrons. The lowest BCUT2D eigenvalue weighted by Gasteiger charge is -2.08. The third kappa shape index (κ3) is 3.46. The molecule has 0 unspecified atom stereocenters. The van der Waals surface area contributed by atoms with Crippen LogP contribution in [0.2, 0.25) is 5.02 Å². The lowest BCUT2D eigenvalue weighted by Crippen LogP contribution is -2.08. The van der Waals surface area contributed by atoms with Crippen LogP contribution in [0, 0.1) is 0 Å². The molecule has 0 aliphatic rings. The van der Waals surface area contributed by atoms with Gasteiger partial charge in [-0.2, -0.15) is 0 Å². The first kappa shape index (κ1) is 14.7. The van der Waals surface area contributed by atoms with E-state index in [-0.39, 0.29) is 16.4 Å². The average molecular weight is 308 g/mol. The van der Waals surface area contributed by atoms with Gasteiger partial charge in [-0.15, -0.1) is 0 Å². The van der Waals surface area contributed by atoms with Crippen LogP contribution in [0.15, 0.2) is 30.5 Å². The number of nitrogens with one attached hydrogen (secondary N) is 1. The first-order chi connectivity index (χ1) is 10.0. The van der Waals surface area contributed by atoms with Gasteiger partial charge in [-0.1, -0.05) is 11.6 Å². The maximum absolute atomic E-state index is 11.3. The van der Waals surface area contributed by atoms with Gasteiger partial charge < -0.3 is 15.2 Å². The number of carboxylic acid groups (broad SMARTS) is 1. The molecule has 0 amide bonds. The Morgan fingerprint density at radius 2 is 2.10 bits per heavy atom. The molecule has 2 rings (SSSR count). The highest BCUT2D eigenvalue weighted by molar-refractivity contribution is 6.33. The summed E-state index contributed by atoms with van der Waals surface area (Å²) in [6, 6.07) is 5.76. The van der Waals surface area contributed by atoms with E-state index in [0.717, 1.165) is 0 Å². The molecular formula is C13H10ClN3O4. The highest BCUT2D eigenvalue weighted by atomic mass is 35.5. The minimum atomic E-state index is -1.07. The quantitative estimate of drug-likeness (QED) is 0.836. The van der Waals surface area contributed by atoms with E-state index < -0.39 is 11.9 Å². The Labute approximate surface area is 124 Å². The van der Waals surface area contributed by atoms with Crippen LogP contribution < -0.4 is 5.32 Å². The Morgan fingerprint density at radius 1 is 1.33 bits per heavy atom. The molecule has 21 heavy (non-hydrogen) atoms. The molecule has 1 aromatic carbocycles. The summed E-state index contributed by atoms with van der Waals surface area (Å²) in [5.74, 6) is -1.50. The fourth-order valence-corrected chi connectivity index (χ4v) is 1.73. The lowest BCUT2D eigenvalue weighted by atomic mass is 10.2. The summed E-state index contributed by atoms with van der Waals surface area (Å²) in [5, 5.41) is 12.0. The molecule has 0 spiro atoms. The van der Waals surface area contributed by atoms with Crippen molar-refractivity contribution in [2.45, 2.75) is 0 Å². The van der Waals surface area contributed by atoms with E-state index in [1.807, 2.05) is 0 Å². The van der Waals surface area contributed by atoms with Crippen LogP contribution in [0.25, 0.3) is 0 Å². The van der Waals surface area contributed by atoms with Crippen LogP contribution in [0.1, 0.15) is 21.0 Å². The van der Waals surface area contributed by atoms with Crippen molar-refractivity contribution in [2.24, 2.45) is 0 Å². The highest BCUT2D eigenvalue weighted by Gasteiger charge is 2.11. The number of methoxy groups -OCH3 is 1. The number of hydrogen-bond donors (Lipinski definition) is 2. The minimum absolute atomic E-state index is 0.0727. The Kier molecular flexibility index (Phi) is 4.34. The average Bonchev–Trinajstić information content (AvgIpc) is 2.48. The third-order valence-corrected chi connectivity index (χ3v) is 2.82. The standard InChI is InChI=1S/C13H10ClN3O4/c1-21-13(20)11-15-5-4-10(17-11)16-9-3-2-7(12(18)19)6-8(9)14/h2-6H,1H3,(H,18,19)(H,15,16,17). The molecule has 8 heteroatoms. The maximum atomic E-state index is 11.3. The molecule has 0 atom stereocenters. The summed E-state index contributed by atoms with van der Waals surface area (Å²) in [4.78, 5) is 29.9. The number of rotatable bonds is 4. The van der Waals surface area contributed by atoms with Crippen molar-refractivity contribution < 1.29 is 19.4 Å². The van der Waals surface area contributed by atoms with Gasteiger partial charge in [0.05, 0.1) is 23.4 Å². The lowest BCUT2D eigenvalue weighted by molar-refractivity contribution is 0.0586. The minimum Gasteiger partial charge on any atom is -0.478 e. The summed E-state index contributed by atoms with van der Waals surface area (Å²) in [6.07, 6.45) is 1.39. The number of benzene rings is 1. The third-order valence-electron chi connectivity index (χ3n) is 2.50. The molecule has 2 aromatic rings. The summed E-state index contributed by atoms with van der Waals surface area (Å²) >= 11 is 5.99. The summed E-state index contributed by atoms with van der Waals surface area (Å²) in [6.45, 7) is 0. The second-order valence-corrected chi connectivity index (χ2v) is 4.29. The first-order valence-corrected chi connectivity index (χ1v) is 6.10. The Bertz CT molecular complexity index is 706. The van der Waals surface area contributed by atoms with Crippen molar-refractivity contribution in [3.05, 3.63) is 46.9 Å². The van der Waals surface area contributed by atoms with E-state index in [1.165, 1.54) is 37.6 Å². The van der Waals surface area contributed by atoms with E-state index in [9.17, 15) is 9.59 Å². The van der Waals surface area contributed by atoms with Gasteiger partial charge in [-0.3, -0.25) is 0 Å². The van der Waals surface area contributed by atoms with Gasteiger partial charge >= 0.3 is 11.9 Å². The molecular weight excluding hydrogens is 298 g/mol. The number of carboxylic acids is 1. The smallest absolute Gasteiger partial charge is 0.376 e. The van der Waals surface area contributed by atoms with Crippen LogP contribution in [0.5, 0.6) is 0 Å². The molecule has 0 saturated carbocycles. The van der Waals surface area contributed by atoms with Crippen LogP contribution in [0.3, 0.4) is 0 Å². The van der Waals surface area contributed by atoms with Crippen molar-refractivity contribution in [3.8, 4) is 0 Å². The SMILES string of the molecule is COC(=O)c1nccc(Nc2ccc(C(=O)O)cc2Cl)n1. The number of halogens is 1. The first-order valence-electron chi connectivity index (χ1n) is 5.72. The topological polar surface area (TPSA) is 101 Å². The molecule has 0 aliphatic heterocycles.